The summed E-state index contributed by atoms with van der Waals surface area (Å²) in [5.41, 5.74) is 0.524. The molecule has 0 rings (SSSR count). The van der Waals surface area contributed by atoms with Crippen LogP contribution in [-0.2, 0) is 31.4 Å². The lowest BCUT2D eigenvalue weighted by molar-refractivity contribution is -0.127. The first-order valence-corrected chi connectivity index (χ1v) is 15.9. The summed E-state index contributed by atoms with van der Waals surface area (Å²) >= 11 is 0. The van der Waals surface area contributed by atoms with E-state index in [0.717, 1.165) is 12.8 Å². The molecule has 10 heteroatoms. The Morgan fingerprint density at radius 2 is 0.938 bits per heavy atom. The molecule has 1 amide bonds. The lowest BCUT2D eigenvalue weighted by Gasteiger charge is -2.31. The Kier molecular flexibility index (Phi) is 17.5. The van der Waals surface area contributed by atoms with Crippen LogP contribution in [-0.4, -0.2) is 81.1 Å². The van der Waals surface area contributed by atoms with E-state index in [2.05, 4.69) is 6.58 Å². The van der Waals surface area contributed by atoms with Crippen molar-refractivity contribution < 1.29 is 31.4 Å². The molecule has 190 valence electrons. The largest absolute Gasteiger partial charge is 0.500 e. The molecule has 0 saturated carbocycles. The second-order valence-corrected chi connectivity index (χ2v) is 12.7. The minimum absolute atomic E-state index is 0.0435. The number of hydrogen-bond acceptors (Lipinski definition) is 7. The van der Waals surface area contributed by atoms with Crippen LogP contribution in [0.1, 0.15) is 61.3 Å². The van der Waals surface area contributed by atoms with Gasteiger partial charge in [0.15, 0.2) is 0 Å². The molecule has 0 atom stereocenters. The first-order valence-electron chi connectivity index (χ1n) is 12.1. The summed E-state index contributed by atoms with van der Waals surface area (Å²) in [6.07, 6.45) is 1.46. The summed E-state index contributed by atoms with van der Waals surface area (Å²) in [4.78, 5) is 14.6. The van der Waals surface area contributed by atoms with Gasteiger partial charge >= 0.3 is 17.6 Å². The van der Waals surface area contributed by atoms with Gasteiger partial charge in [0.1, 0.15) is 0 Å². The average molecular weight is 494 g/mol. The second-order valence-electron chi connectivity index (χ2n) is 7.24. The minimum atomic E-state index is -2.73. The molecule has 0 N–H and O–H groups in total. The van der Waals surface area contributed by atoms with Crippen LogP contribution in [0.3, 0.4) is 0 Å². The van der Waals surface area contributed by atoms with E-state index in [9.17, 15) is 4.79 Å². The van der Waals surface area contributed by atoms with Gasteiger partial charge in [-0.05, 0) is 61.3 Å². The Morgan fingerprint density at radius 3 is 1.16 bits per heavy atom. The molecule has 0 bridgehead atoms. The molecule has 0 saturated heterocycles. The van der Waals surface area contributed by atoms with Crippen molar-refractivity contribution in [3.8, 4) is 0 Å². The van der Waals surface area contributed by atoms with Gasteiger partial charge in [-0.1, -0.05) is 6.58 Å². The molecular formula is C22H47NO7Si2. The maximum Gasteiger partial charge on any atom is 0.500 e. The van der Waals surface area contributed by atoms with Gasteiger partial charge in [0, 0.05) is 70.4 Å². The van der Waals surface area contributed by atoms with E-state index in [0.29, 0.717) is 70.4 Å². The van der Waals surface area contributed by atoms with Crippen LogP contribution in [0.25, 0.3) is 0 Å². The second kappa shape index (κ2) is 17.8. The Balaban J connectivity index is 5.15. The number of hydrogen-bond donors (Lipinski definition) is 0. The Hall–Kier alpha value is -0.596. The van der Waals surface area contributed by atoms with Crippen molar-refractivity contribution in [2.75, 3.05) is 52.7 Å². The topological polar surface area (TPSA) is 75.7 Å². The molecule has 32 heavy (non-hydrogen) atoms. The van der Waals surface area contributed by atoms with Crippen LogP contribution >= 0.6 is 0 Å². The summed E-state index contributed by atoms with van der Waals surface area (Å²) < 4.78 is 35.6. The van der Waals surface area contributed by atoms with Crippen molar-refractivity contribution in [2.24, 2.45) is 0 Å². The number of carbonyl (C=O) groups excluding carboxylic acids is 1. The van der Waals surface area contributed by atoms with E-state index >= 15 is 0 Å². The van der Waals surface area contributed by atoms with Gasteiger partial charge in [-0.2, -0.15) is 0 Å². The first kappa shape index (κ1) is 31.4. The Morgan fingerprint density at radius 1 is 0.656 bits per heavy atom. The van der Waals surface area contributed by atoms with E-state index in [1.807, 2.05) is 46.4 Å². The molecule has 0 spiro atoms. The van der Waals surface area contributed by atoms with Gasteiger partial charge in [0.05, 0.1) is 0 Å². The third kappa shape index (κ3) is 11.5. The number of carbonyl (C=O) groups is 1. The maximum absolute atomic E-state index is 12.8. The lowest BCUT2D eigenvalue weighted by Crippen LogP contribution is -2.47. The average Bonchev–Trinajstić information content (AvgIpc) is 2.73. The SMILES string of the molecule is C=C(C)C(=O)N(CCC[Si](OCC)(OCC)OCC)CCC[Si](OCC)(OCC)OCC. The van der Waals surface area contributed by atoms with Crippen molar-refractivity contribution in [2.45, 2.75) is 73.4 Å². The van der Waals surface area contributed by atoms with Crippen molar-refractivity contribution in [1.29, 1.82) is 0 Å². The number of amides is 1. The molecular weight excluding hydrogens is 446 g/mol. The predicted octanol–water partition coefficient (Wildman–Crippen LogP) is 4.27. The molecule has 0 aromatic carbocycles. The maximum atomic E-state index is 12.8. The molecule has 0 aromatic heterocycles. The molecule has 0 radical (unpaired) electrons. The fourth-order valence-corrected chi connectivity index (χ4v) is 8.75. The highest BCUT2D eigenvalue weighted by atomic mass is 28.4. The minimum Gasteiger partial charge on any atom is -0.374 e. The van der Waals surface area contributed by atoms with Crippen molar-refractivity contribution in [1.82, 2.24) is 4.90 Å². The van der Waals surface area contributed by atoms with E-state index in [1.165, 1.54) is 0 Å². The van der Waals surface area contributed by atoms with Gasteiger partial charge in [-0.15, -0.1) is 0 Å². The van der Waals surface area contributed by atoms with Gasteiger partial charge in [0.2, 0.25) is 5.91 Å². The lowest BCUT2D eigenvalue weighted by atomic mass is 10.2. The van der Waals surface area contributed by atoms with Crippen molar-refractivity contribution in [3.05, 3.63) is 12.2 Å². The summed E-state index contributed by atoms with van der Waals surface area (Å²) in [7, 11) is -5.46. The Labute approximate surface area is 198 Å². The molecule has 0 unspecified atom stereocenters. The molecule has 0 aliphatic rings. The molecule has 0 heterocycles. The highest BCUT2D eigenvalue weighted by molar-refractivity contribution is 6.61. The van der Waals surface area contributed by atoms with Crippen molar-refractivity contribution >= 4 is 23.5 Å². The molecule has 0 aliphatic heterocycles. The highest BCUT2D eigenvalue weighted by Crippen LogP contribution is 2.21. The number of rotatable bonds is 21. The quantitative estimate of drug-likeness (QED) is 0.175. The van der Waals surface area contributed by atoms with Crippen LogP contribution in [0.2, 0.25) is 12.1 Å². The standard InChI is InChI=1S/C22H47NO7Si2/c1-9-25-31(26-10-2,27-11-3)19-15-17-23(22(24)21(7)8)18-16-20-32(28-12-4,29-13-5)30-14-6/h7,9-20H2,1-6,8H3. The van der Waals surface area contributed by atoms with E-state index in [-0.39, 0.29) is 5.91 Å². The summed E-state index contributed by atoms with van der Waals surface area (Å²) in [5, 5.41) is 0. The molecule has 0 aromatic rings. The van der Waals surface area contributed by atoms with Gasteiger partial charge in [-0.25, -0.2) is 0 Å². The van der Waals surface area contributed by atoms with Crippen LogP contribution in [0.15, 0.2) is 12.2 Å². The fourth-order valence-electron chi connectivity index (χ4n) is 3.56. The summed E-state index contributed by atoms with van der Waals surface area (Å²) in [5.74, 6) is -0.0435. The third-order valence-electron chi connectivity index (χ3n) is 4.66. The predicted molar refractivity (Wildman–Crippen MR) is 132 cm³/mol. The normalized spacial score (nSPS) is 12.2. The smallest absolute Gasteiger partial charge is 0.374 e. The van der Waals surface area contributed by atoms with E-state index in [1.54, 1.807) is 6.92 Å². The van der Waals surface area contributed by atoms with Crippen LogP contribution in [0.5, 0.6) is 0 Å². The molecule has 0 aliphatic carbocycles. The molecule has 8 nitrogen and oxygen atoms in total. The number of nitrogens with zero attached hydrogens (tertiary/aromatic N) is 1. The zero-order valence-corrected chi connectivity index (χ0v) is 23.5. The van der Waals surface area contributed by atoms with E-state index in [4.69, 9.17) is 26.6 Å². The van der Waals surface area contributed by atoms with Crippen LogP contribution < -0.4 is 0 Å². The molecule has 0 fully saturated rings. The van der Waals surface area contributed by atoms with Gasteiger partial charge < -0.3 is 31.5 Å². The van der Waals surface area contributed by atoms with Gasteiger partial charge in [-0.3, -0.25) is 4.79 Å². The van der Waals surface area contributed by atoms with Crippen LogP contribution in [0, 0.1) is 0 Å². The zero-order chi connectivity index (χ0) is 24.5. The van der Waals surface area contributed by atoms with Gasteiger partial charge in [0.25, 0.3) is 0 Å². The first-order chi connectivity index (χ1) is 15.3. The monoisotopic (exact) mass is 493 g/mol. The fraction of sp³-hybridized carbons (Fsp3) is 0.864. The van der Waals surface area contributed by atoms with E-state index < -0.39 is 17.6 Å². The summed E-state index contributed by atoms with van der Waals surface area (Å²) in [6, 6.07) is 1.33. The summed E-state index contributed by atoms with van der Waals surface area (Å²) in [6.45, 7) is 21.7. The Bertz CT molecular complexity index is 456. The van der Waals surface area contributed by atoms with Crippen molar-refractivity contribution in [3.63, 3.8) is 0 Å². The highest BCUT2D eigenvalue weighted by Gasteiger charge is 2.41. The zero-order valence-electron chi connectivity index (χ0n) is 21.5. The third-order valence-corrected chi connectivity index (χ3v) is 11.0. The van der Waals surface area contributed by atoms with Crippen LogP contribution in [0.4, 0.5) is 0 Å².